The van der Waals surface area contributed by atoms with Crippen LogP contribution in [0.15, 0.2) is 0 Å². The molecule has 2 saturated carbocycles. The molecule has 0 bridgehead atoms. The normalized spacial score (nSPS) is 29.5. The van der Waals surface area contributed by atoms with Crippen molar-refractivity contribution >= 4 is 6.03 Å². The van der Waals surface area contributed by atoms with E-state index < -0.39 is 0 Å². The van der Waals surface area contributed by atoms with E-state index in [1.807, 2.05) is 0 Å². The minimum atomic E-state index is 0.0403. The molecule has 2 unspecified atom stereocenters. The Balaban J connectivity index is 1.53. The van der Waals surface area contributed by atoms with Gasteiger partial charge in [0.25, 0.3) is 0 Å². The average molecular weight is 238 g/mol. The summed E-state index contributed by atoms with van der Waals surface area (Å²) in [7, 11) is 0. The highest BCUT2D eigenvalue weighted by molar-refractivity contribution is 5.74. The molecular formula is C14H26N2O. The summed E-state index contributed by atoms with van der Waals surface area (Å²) in [6.45, 7) is 3.19. The monoisotopic (exact) mass is 238 g/mol. The summed E-state index contributed by atoms with van der Waals surface area (Å²) in [4.78, 5) is 11.5. The van der Waals surface area contributed by atoms with Crippen LogP contribution >= 0.6 is 0 Å². The van der Waals surface area contributed by atoms with Crippen LogP contribution in [0.25, 0.3) is 0 Å². The van der Waals surface area contributed by atoms with Gasteiger partial charge in [0.2, 0.25) is 0 Å². The Bertz CT molecular complexity index is 251. The minimum absolute atomic E-state index is 0.0403. The number of rotatable bonds is 4. The Kier molecular flexibility index (Phi) is 4.69. The molecular weight excluding hydrogens is 212 g/mol. The van der Waals surface area contributed by atoms with Gasteiger partial charge in [-0.15, -0.1) is 0 Å². The summed E-state index contributed by atoms with van der Waals surface area (Å²) < 4.78 is 0. The number of carbonyl (C=O) groups is 1. The van der Waals surface area contributed by atoms with Gasteiger partial charge in [-0.25, -0.2) is 4.79 Å². The van der Waals surface area contributed by atoms with Crippen LogP contribution in [0.3, 0.4) is 0 Å². The van der Waals surface area contributed by atoms with Crippen molar-refractivity contribution in [2.24, 2.45) is 11.8 Å². The molecule has 2 aliphatic carbocycles. The quantitative estimate of drug-likeness (QED) is 0.776. The zero-order valence-corrected chi connectivity index (χ0v) is 11.0. The number of nitrogens with one attached hydrogen (secondary N) is 2. The third-order valence-corrected chi connectivity index (χ3v) is 4.32. The highest BCUT2D eigenvalue weighted by Gasteiger charge is 2.20. The van der Waals surface area contributed by atoms with Gasteiger partial charge in [0.05, 0.1) is 0 Å². The van der Waals surface area contributed by atoms with Crippen molar-refractivity contribution < 1.29 is 4.79 Å². The second-order valence-electron chi connectivity index (χ2n) is 5.95. The maximum atomic E-state index is 11.5. The fraction of sp³-hybridized carbons (Fsp3) is 0.929. The number of hydrogen-bond acceptors (Lipinski definition) is 1. The molecule has 2 aliphatic rings. The van der Waals surface area contributed by atoms with Gasteiger partial charge in [0, 0.05) is 12.6 Å². The standard InChI is InChI=1S/C14H26N2O/c1-11-4-2-5-12(10-11)8-9-15-14(17)16-13-6-3-7-13/h11-13H,2-10H2,1H3,(H2,15,16,17). The van der Waals surface area contributed by atoms with Crippen LogP contribution < -0.4 is 10.6 Å². The number of hydrogen-bond donors (Lipinski definition) is 2. The first-order valence-electron chi connectivity index (χ1n) is 7.28. The van der Waals surface area contributed by atoms with Crippen molar-refractivity contribution in [3.63, 3.8) is 0 Å². The number of amides is 2. The van der Waals surface area contributed by atoms with E-state index in [-0.39, 0.29) is 6.03 Å². The van der Waals surface area contributed by atoms with Crippen LogP contribution in [0.1, 0.15) is 58.3 Å². The topological polar surface area (TPSA) is 41.1 Å². The molecule has 3 nitrogen and oxygen atoms in total. The number of urea groups is 1. The Morgan fingerprint density at radius 2 is 1.94 bits per heavy atom. The third kappa shape index (κ3) is 4.21. The molecule has 0 spiro atoms. The summed E-state index contributed by atoms with van der Waals surface area (Å²) in [5.74, 6) is 1.72. The summed E-state index contributed by atoms with van der Waals surface area (Å²) in [5, 5.41) is 6.01. The average Bonchev–Trinajstić information content (AvgIpc) is 2.24. The van der Waals surface area contributed by atoms with Crippen LogP contribution in [0.5, 0.6) is 0 Å². The zero-order valence-electron chi connectivity index (χ0n) is 11.0. The van der Waals surface area contributed by atoms with E-state index in [0.717, 1.165) is 37.6 Å². The smallest absolute Gasteiger partial charge is 0.315 e. The van der Waals surface area contributed by atoms with Crippen LogP contribution in [0.4, 0.5) is 4.79 Å². The third-order valence-electron chi connectivity index (χ3n) is 4.32. The van der Waals surface area contributed by atoms with Crippen molar-refractivity contribution in [2.45, 2.75) is 64.3 Å². The van der Waals surface area contributed by atoms with E-state index in [1.54, 1.807) is 0 Å². The van der Waals surface area contributed by atoms with E-state index in [0.29, 0.717) is 6.04 Å². The molecule has 2 amide bonds. The largest absolute Gasteiger partial charge is 0.338 e. The zero-order chi connectivity index (χ0) is 12.1. The first-order valence-corrected chi connectivity index (χ1v) is 7.28. The predicted molar refractivity (Wildman–Crippen MR) is 69.9 cm³/mol. The molecule has 2 fully saturated rings. The molecule has 17 heavy (non-hydrogen) atoms. The van der Waals surface area contributed by atoms with E-state index in [1.165, 1.54) is 32.1 Å². The van der Waals surface area contributed by atoms with Crippen LogP contribution in [0, 0.1) is 11.8 Å². The molecule has 0 radical (unpaired) electrons. The van der Waals surface area contributed by atoms with Crippen LogP contribution in [0.2, 0.25) is 0 Å². The molecule has 98 valence electrons. The van der Waals surface area contributed by atoms with Gasteiger partial charge in [0.1, 0.15) is 0 Å². The fourth-order valence-corrected chi connectivity index (χ4v) is 3.00. The van der Waals surface area contributed by atoms with E-state index >= 15 is 0 Å². The lowest BCUT2D eigenvalue weighted by Gasteiger charge is -2.28. The molecule has 2 atom stereocenters. The Labute approximate surface area is 105 Å². The molecule has 2 rings (SSSR count). The highest BCUT2D eigenvalue weighted by Crippen LogP contribution is 2.30. The SMILES string of the molecule is CC1CCCC(CCNC(=O)NC2CCC2)C1. The van der Waals surface area contributed by atoms with Crippen LogP contribution in [-0.2, 0) is 0 Å². The second kappa shape index (κ2) is 6.27. The van der Waals surface area contributed by atoms with E-state index in [2.05, 4.69) is 17.6 Å². The van der Waals surface area contributed by atoms with Gasteiger partial charge in [-0.05, 0) is 43.9 Å². The Morgan fingerprint density at radius 1 is 1.18 bits per heavy atom. The summed E-state index contributed by atoms with van der Waals surface area (Å²) in [6.07, 6.45) is 10.2. The number of carbonyl (C=O) groups excluding carboxylic acids is 1. The lowest BCUT2D eigenvalue weighted by atomic mass is 9.81. The first kappa shape index (κ1) is 12.7. The summed E-state index contributed by atoms with van der Waals surface area (Å²) in [6, 6.07) is 0.489. The van der Waals surface area contributed by atoms with Gasteiger partial charge in [-0.2, -0.15) is 0 Å². The van der Waals surface area contributed by atoms with Gasteiger partial charge in [-0.1, -0.05) is 26.2 Å². The predicted octanol–water partition coefficient (Wildman–Crippen LogP) is 3.05. The molecule has 0 aromatic heterocycles. The summed E-state index contributed by atoms with van der Waals surface area (Å²) >= 11 is 0. The van der Waals surface area contributed by atoms with Gasteiger partial charge in [-0.3, -0.25) is 0 Å². The fourth-order valence-electron chi connectivity index (χ4n) is 3.00. The molecule has 0 aromatic rings. The van der Waals surface area contributed by atoms with Crippen LogP contribution in [-0.4, -0.2) is 18.6 Å². The minimum Gasteiger partial charge on any atom is -0.338 e. The van der Waals surface area contributed by atoms with Gasteiger partial charge < -0.3 is 10.6 Å². The maximum Gasteiger partial charge on any atom is 0.315 e. The molecule has 2 N–H and O–H groups in total. The Hall–Kier alpha value is -0.730. The van der Waals surface area contributed by atoms with Gasteiger partial charge >= 0.3 is 6.03 Å². The maximum absolute atomic E-state index is 11.5. The van der Waals surface area contributed by atoms with Crippen molar-refractivity contribution in [1.82, 2.24) is 10.6 Å². The molecule has 3 heteroatoms. The molecule has 0 saturated heterocycles. The summed E-state index contributed by atoms with van der Waals surface area (Å²) in [5.41, 5.74) is 0. The highest BCUT2D eigenvalue weighted by atomic mass is 16.2. The second-order valence-corrected chi connectivity index (χ2v) is 5.95. The lowest BCUT2D eigenvalue weighted by Crippen LogP contribution is -2.45. The van der Waals surface area contributed by atoms with E-state index in [9.17, 15) is 4.79 Å². The Morgan fingerprint density at radius 3 is 2.59 bits per heavy atom. The lowest BCUT2D eigenvalue weighted by molar-refractivity contribution is 0.224. The molecule has 0 heterocycles. The first-order chi connectivity index (χ1) is 8.24. The van der Waals surface area contributed by atoms with E-state index in [4.69, 9.17) is 0 Å². The molecule has 0 aromatic carbocycles. The van der Waals surface area contributed by atoms with Crippen molar-refractivity contribution in [3.05, 3.63) is 0 Å². The van der Waals surface area contributed by atoms with Crippen molar-refractivity contribution in [1.29, 1.82) is 0 Å². The van der Waals surface area contributed by atoms with Gasteiger partial charge in [0.15, 0.2) is 0 Å². The van der Waals surface area contributed by atoms with Crippen molar-refractivity contribution in [2.75, 3.05) is 6.54 Å². The van der Waals surface area contributed by atoms with Crippen molar-refractivity contribution in [3.8, 4) is 0 Å². The molecule has 0 aliphatic heterocycles.